The van der Waals surface area contributed by atoms with Crippen molar-refractivity contribution in [1.29, 1.82) is 0 Å². The van der Waals surface area contributed by atoms with Crippen LogP contribution in [0.1, 0.15) is 30.6 Å². The first-order valence-corrected chi connectivity index (χ1v) is 5.35. The van der Waals surface area contributed by atoms with Crippen molar-refractivity contribution >= 4 is 0 Å². The lowest BCUT2D eigenvalue weighted by Crippen LogP contribution is -2.10. The standard InChI is InChI=1S/C12H12F4O/c1-6-4-8(6)11(17)7-2-3-10(13)9(5-7)12(14,15)16/h2-3,5-6,8,11,17H,4H2,1H3. The summed E-state index contributed by atoms with van der Waals surface area (Å²) in [6, 6.07) is 2.67. The number of aliphatic hydroxyl groups excluding tert-OH is 1. The van der Waals surface area contributed by atoms with Gasteiger partial charge < -0.3 is 5.11 Å². The van der Waals surface area contributed by atoms with Crippen LogP contribution in [-0.4, -0.2) is 5.11 Å². The van der Waals surface area contributed by atoms with E-state index >= 15 is 0 Å². The van der Waals surface area contributed by atoms with Crippen LogP contribution in [0.5, 0.6) is 0 Å². The van der Waals surface area contributed by atoms with E-state index < -0.39 is 23.7 Å². The van der Waals surface area contributed by atoms with Gasteiger partial charge in [-0.15, -0.1) is 0 Å². The topological polar surface area (TPSA) is 20.2 Å². The Hall–Kier alpha value is -1.10. The van der Waals surface area contributed by atoms with Gasteiger partial charge in [-0.05, 0) is 36.0 Å². The highest BCUT2D eigenvalue weighted by molar-refractivity contribution is 5.29. The van der Waals surface area contributed by atoms with Crippen molar-refractivity contribution in [2.24, 2.45) is 11.8 Å². The molecule has 3 unspecified atom stereocenters. The molecule has 3 atom stereocenters. The van der Waals surface area contributed by atoms with Crippen molar-refractivity contribution in [3.63, 3.8) is 0 Å². The van der Waals surface area contributed by atoms with Crippen LogP contribution < -0.4 is 0 Å². The van der Waals surface area contributed by atoms with Gasteiger partial charge in [0.2, 0.25) is 0 Å². The molecule has 1 aliphatic rings. The van der Waals surface area contributed by atoms with Crippen LogP contribution in [0.3, 0.4) is 0 Å². The number of hydrogen-bond donors (Lipinski definition) is 1. The zero-order chi connectivity index (χ0) is 12.8. The Morgan fingerprint density at radius 3 is 2.41 bits per heavy atom. The van der Waals surface area contributed by atoms with Gasteiger partial charge in [-0.2, -0.15) is 13.2 Å². The summed E-state index contributed by atoms with van der Waals surface area (Å²) < 4.78 is 50.4. The van der Waals surface area contributed by atoms with Crippen LogP contribution in [0.4, 0.5) is 17.6 Å². The Morgan fingerprint density at radius 2 is 1.94 bits per heavy atom. The lowest BCUT2D eigenvalue weighted by atomic mass is 10.0. The smallest absolute Gasteiger partial charge is 0.388 e. The fourth-order valence-corrected chi connectivity index (χ4v) is 1.98. The van der Waals surface area contributed by atoms with E-state index in [9.17, 15) is 22.7 Å². The van der Waals surface area contributed by atoms with Crippen molar-refractivity contribution in [2.45, 2.75) is 25.6 Å². The van der Waals surface area contributed by atoms with Crippen LogP contribution >= 0.6 is 0 Å². The Labute approximate surface area is 96.1 Å². The molecule has 1 aromatic carbocycles. The van der Waals surface area contributed by atoms with Gasteiger partial charge in [-0.25, -0.2) is 4.39 Å². The Morgan fingerprint density at radius 1 is 1.35 bits per heavy atom. The highest BCUT2D eigenvalue weighted by atomic mass is 19.4. The number of benzene rings is 1. The predicted octanol–water partition coefficient (Wildman–Crippen LogP) is 3.53. The van der Waals surface area contributed by atoms with Crippen LogP contribution in [0, 0.1) is 17.7 Å². The number of halogens is 4. The van der Waals surface area contributed by atoms with Crippen LogP contribution in [-0.2, 0) is 6.18 Å². The van der Waals surface area contributed by atoms with Gasteiger partial charge in [0.05, 0.1) is 11.7 Å². The van der Waals surface area contributed by atoms with Crippen molar-refractivity contribution in [3.8, 4) is 0 Å². The first-order chi connectivity index (χ1) is 7.80. The molecule has 0 heterocycles. The average Bonchev–Trinajstić information content (AvgIpc) is 2.93. The normalized spacial score (nSPS) is 25.8. The lowest BCUT2D eigenvalue weighted by Gasteiger charge is -2.14. The summed E-state index contributed by atoms with van der Waals surface area (Å²) in [4.78, 5) is 0. The predicted molar refractivity (Wildman–Crippen MR) is 53.6 cm³/mol. The highest BCUT2D eigenvalue weighted by Crippen LogP contribution is 2.47. The minimum atomic E-state index is -4.73. The molecule has 1 N–H and O–H groups in total. The summed E-state index contributed by atoms with van der Waals surface area (Å²) in [5.74, 6) is -1.01. The molecule has 0 bridgehead atoms. The van der Waals surface area contributed by atoms with Crippen molar-refractivity contribution in [1.82, 2.24) is 0 Å². The van der Waals surface area contributed by atoms with Gasteiger partial charge in [-0.1, -0.05) is 13.0 Å². The summed E-state index contributed by atoms with van der Waals surface area (Å²) in [6.45, 7) is 1.92. The van der Waals surface area contributed by atoms with Gasteiger partial charge in [0.1, 0.15) is 5.82 Å². The third-order valence-electron chi connectivity index (χ3n) is 3.21. The minimum Gasteiger partial charge on any atom is -0.388 e. The molecule has 1 saturated carbocycles. The summed E-state index contributed by atoms with van der Waals surface area (Å²) in [6.07, 6.45) is -4.87. The van der Waals surface area contributed by atoms with Crippen LogP contribution in [0.25, 0.3) is 0 Å². The van der Waals surface area contributed by atoms with E-state index in [0.29, 0.717) is 12.0 Å². The molecule has 94 valence electrons. The van der Waals surface area contributed by atoms with Crippen molar-refractivity contribution in [3.05, 3.63) is 35.1 Å². The quantitative estimate of drug-likeness (QED) is 0.794. The Bertz CT molecular complexity index is 427. The fourth-order valence-electron chi connectivity index (χ4n) is 1.98. The molecule has 0 aliphatic heterocycles. The molecular formula is C12H12F4O. The number of hydrogen-bond acceptors (Lipinski definition) is 1. The van der Waals surface area contributed by atoms with Gasteiger partial charge in [-0.3, -0.25) is 0 Å². The molecule has 1 aromatic rings. The van der Waals surface area contributed by atoms with E-state index in [-0.39, 0.29) is 11.5 Å². The third kappa shape index (κ3) is 2.44. The maximum Gasteiger partial charge on any atom is 0.419 e. The molecule has 0 amide bonds. The van der Waals surface area contributed by atoms with Gasteiger partial charge in [0.25, 0.3) is 0 Å². The second-order valence-corrected chi connectivity index (χ2v) is 4.56. The van der Waals surface area contributed by atoms with E-state index in [1.165, 1.54) is 6.07 Å². The second kappa shape index (κ2) is 3.98. The molecule has 1 nitrogen and oxygen atoms in total. The molecule has 1 aliphatic carbocycles. The number of rotatable bonds is 2. The SMILES string of the molecule is CC1CC1C(O)c1ccc(F)c(C(F)(F)F)c1. The van der Waals surface area contributed by atoms with Crippen LogP contribution in [0.2, 0.25) is 0 Å². The summed E-state index contributed by atoms with van der Waals surface area (Å²) in [5.41, 5.74) is -1.18. The fraction of sp³-hybridized carbons (Fsp3) is 0.500. The number of alkyl halides is 3. The lowest BCUT2D eigenvalue weighted by molar-refractivity contribution is -0.140. The van der Waals surface area contributed by atoms with E-state index in [2.05, 4.69) is 0 Å². The molecule has 2 rings (SSSR count). The second-order valence-electron chi connectivity index (χ2n) is 4.56. The summed E-state index contributed by atoms with van der Waals surface area (Å²) in [7, 11) is 0. The molecule has 5 heteroatoms. The Balaban J connectivity index is 2.31. The largest absolute Gasteiger partial charge is 0.419 e. The van der Waals surface area contributed by atoms with E-state index in [1.807, 2.05) is 6.92 Å². The van der Waals surface area contributed by atoms with Crippen molar-refractivity contribution < 1.29 is 22.7 Å². The monoisotopic (exact) mass is 248 g/mol. The number of aliphatic hydroxyl groups is 1. The zero-order valence-corrected chi connectivity index (χ0v) is 9.13. The average molecular weight is 248 g/mol. The van der Waals surface area contributed by atoms with Gasteiger partial charge in [0, 0.05) is 0 Å². The van der Waals surface area contributed by atoms with E-state index in [0.717, 1.165) is 12.5 Å². The molecule has 0 saturated heterocycles. The van der Waals surface area contributed by atoms with Crippen molar-refractivity contribution in [2.75, 3.05) is 0 Å². The molecule has 1 fully saturated rings. The maximum absolute atomic E-state index is 13.0. The maximum atomic E-state index is 13.0. The minimum absolute atomic E-state index is 0.0125. The molecule has 0 radical (unpaired) electrons. The van der Waals surface area contributed by atoms with Crippen LogP contribution in [0.15, 0.2) is 18.2 Å². The molecule has 17 heavy (non-hydrogen) atoms. The molecule has 0 aromatic heterocycles. The summed E-state index contributed by atoms with van der Waals surface area (Å²) in [5, 5.41) is 9.82. The molecule has 0 spiro atoms. The first-order valence-electron chi connectivity index (χ1n) is 5.35. The van der Waals surface area contributed by atoms with E-state index in [4.69, 9.17) is 0 Å². The third-order valence-corrected chi connectivity index (χ3v) is 3.21. The molecular weight excluding hydrogens is 236 g/mol. The first kappa shape index (κ1) is 12.4. The van der Waals surface area contributed by atoms with Gasteiger partial charge >= 0.3 is 6.18 Å². The zero-order valence-electron chi connectivity index (χ0n) is 9.13. The highest BCUT2D eigenvalue weighted by Gasteiger charge is 2.41. The Kier molecular flexibility index (Phi) is 2.89. The van der Waals surface area contributed by atoms with Gasteiger partial charge in [0.15, 0.2) is 0 Å². The summed E-state index contributed by atoms with van der Waals surface area (Å²) >= 11 is 0. The van der Waals surface area contributed by atoms with E-state index in [1.54, 1.807) is 0 Å².